The van der Waals surface area contributed by atoms with Crippen molar-refractivity contribution < 1.29 is 31.1 Å². The topological polar surface area (TPSA) is 95.1 Å². The van der Waals surface area contributed by atoms with Crippen LogP contribution in [0, 0.1) is 6.92 Å². The van der Waals surface area contributed by atoms with E-state index < -0.39 is 23.5 Å². The van der Waals surface area contributed by atoms with Crippen molar-refractivity contribution in [2.75, 3.05) is 27.3 Å². The SMILES string of the molecule is CC(=O)Nc1nc(C)c(SNc2ccc(Nc3ncc(Cl)c(N(C)Cc4ccccc4C(F)(F)F)n3)cc2C(F)(F)F)s1. The zero-order valence-corrected chi connectivity index (χ0v) is 24.9. The highest BCUT2D eigenvalue weighted by molar-refractivity contribution is 8.02. The normalized spacial score (nSPS) is 11.8. The van der Waals surface area contributed by atoms with Crippen LogP contribution in [0.3, 0.4) is 0 Å². The molecule has 0 fully saturated rings. The number of carbonyl (C=O) groups excluding carboxylic acids is 1. The van der Waals surface area contributed by atoms with E-state index in [1.165, 1.54) is 55.4 Å². The summed E-state index contributed by atoms with van der Waals surface area (Å²) in [5.41, 5.74) is -1.50. The molecule has 0 aliphatic rings. The smallest absolute Gasteiger partial charge is 0.354 e. The van der Waals surface area contributed by atoms with Crippen LogP contribution in [0.2, 0.25) is 5.02 Å². The number of amides is 1. The first-order valence-corrected chi connectivity index (χ1v) is 14.2. The lowest BCUT2D eigenvalue weighted by Gasteiger charge is -2.22. The number of hydrogen-bond donors (Lipinski definition) is 3. The standard InChI is InChI=1S/C26H22ClF6N7OS2/c1-13-22(42-24(35-13)36-14(2)41)43-39-20-9-8-16(10-18(20)26(31,32)33)37-23-34-11-19(27)21(38-23)40(3)12-15-6-4-5-7-17(15)25(28,29)30/h4-11,39H,12H2,1-3H3,(H,34,37,38)(H,35,36,41). The van der Waals surface area contributed by atoms with Crippen LogP contribution in [0.5, 0.6) is 0 Å². The molecule has 8 nitrogen and oxygen atoms in total. The van der Waals surface area contributed by atoms with Gasteiger partial charge in [-0.1, -0.05) is 41.1 Å². The molecule has 4 rings (SSSR count). The number of nitrogens with zero attached hydrogens (tertiary/aromatic N) is 4. The largest absolute Gasteiger partial charge is 0.418 e. The molecule has 2 heterocycles. The summed E-state index contributed by atoms with van der Waals surface area (Å²) >= 11 is 8.24. The number of halogens is 7. The number of carbonyl (C=O) groups is 1. The van der Waals surface area contributed by atoms with Gasteiger partial charge in [-0.3, -0.25) is 4.79 Å². The van der Waals surface area contributed by atoms with Crippen molar-refractivity contribution in [3.05, 3.63) is 76.1 Å². The highest BCUT2D eigenvalue weighted by Gasteiger charge is 2.35. The van der Waals surface area contributed by atoms with Crippen LogP contribution in [-0.4, -0.2) is 27.9 Å². The number of aromatic nitrogens is 3. The van der Waals surface area contributed by atoms with Gasteiger partial charge in [0.1, 0.15) is 9.23 Å². The van der Waals surface area contributed by atoms with E-state index in [1.807, 2.05) is 0 Å². The first-order chi connectivity index (χ1) is 20.1. The molecule has 0 atom stereocenters. The van der Waals surface area contributed by atoms with Gasteiger partial charge in [-0.05, 0) is 48.7 Å². The van der Waals surface area contributed by atoms with Gasteiger partial charge in [0.05, 0.1) is 28.7 Å². The molecule has 2 aromatic heterocycles. The van der Waals surface area contributed by atoms with E-state index in [2.05, 4.69) is 30.3 Å². The molecule has 0 saturated heterocycles. The van der Waals surface area contributed by atoms with Gasteiger partial charge in [-0.2, -0.15) is 31.3 Å². The van der Waals surface area contributed by atoms with Gasteiger partial charge in [-0.15, -0.1) is 0 Å². The lowest BCUT2D eigenvalue weighted by molar-refractivity contribution is -0.138. The van der Waals surface area contributed by atoms with Crippen LogP contribution in [0.15, 0.2) is 52.9 Å². The second-order valence-electron chi connectivity index (χ2n) is 9.04. The Morgan fingerprint density at radius 3 is 2.42 bits per heavy atom. The minimum atomic E-state index is -4.73. The van der Waals surface area contributed by atoms with Gasteiger partial charge in [0.15, 0.2) is 10.9 Å². The minimum Gasteiger partial charge on any atom is -0.354 e. The average molecular weight is 662 g/mol. The third-order valence-electron chi connectivity index (χ3n) is 5.69. The van der Waals surface area contributed by atoms with E-state index in [0.717, 1.165) is 35.4 Å². The van der Waals surface area contributed by atoms with E-state index in [0.29, 0.717) is 15.0 Å². The Labute approximate surface area is 255 Å². The molecule has 0 saturated carbocycles. The Morgan fingerprint density at radius 2 is 1.74 bits per heavy atom. The molecule has 0 radical (unpaired) electrons. The number of benzene rings is 2. The molecule has 43 heavy (non-hydrogen) atoms. The second kappa shape index (κ2) is 12.9. The highest BCUT2D eigenvalue weighted by atomic mass is 35.5. The molecule has 2 aromatic carbocycles. The molecule has 0 aliphatic carbocycles. The van der Waals surface area contributed by atoms with Gasteiger partial charge in [0.2, 0.25) is 11.9 Å². The van der Waals surface area contributed by atoms with E-state index in [9.17, 15) is 31.1 Å². The summed E-state index contributed by atoms with van der Waals surface area (Å²) < 4.78 is 85.6. The third-order valence-corrected chi connectivity index (χ3v) is 8.13. The zero-order chi connectivity index (χ0) is 31.5. The van der Waals surface area contributed by atoms with Crippen LogP contribution in [0.4, 0.5) is 54.6 Å². The van der Waals surface area contributed by atoms with Crippen LogP contribution in [0.1, 0.15) is 29.3 Å². The fourth-order valence-corrected chi connectivity index (χ4v) is 5.89. The Hall–Kier alpha value is -3.76. The Balaban J connectivity index is 1.54. The number of rotatable bonds is 9. The zero-order valence-electron chi connectivity index (χ0n) is 22.5. The molecule has 0 unspecified atom stereocenters. The van der Waals surface area contributed by atoms with Gasteiger partial charge in [-0.25, -0.2) is 9.97 Å². The summed E-state index contributed by atoms with van der Waals surface area (Å²) in [7, 11) is 1.48. The summed E-state index contributed by atoms with van der Waals surface area (Å²) in [4.78, 5) is 25.1. The summed E-state index contributed by atoms with van der Waals surface area (Å²) in [6.07, 6.45) is -8.10. The molecular formula is C26H22ClF6N7OS2. The second-order valence-corrected chi connectivity index (χ2v) is 11.5. The molecular weight excluding hydrogens is 640 g/mol. The minimum absolute atomic E-state index is 0.00290. The fraction of sp³-hybridized carbons (Fsp3) is 0.231. The van der Waals surface area contributed by atoms with Gasteiger partial charge < -0.3 is 20.3 Å². The predicted octanol–water partition coefficient (Wildman–Crippen LogP) is 8.39. The van der Waals surface area contributed by atoms with E-state index >= 15 is 0 Å². The summed E-state index contributed by atoms with van der Waals surface area (Å²) in [6, 6.07) is 8.52. The number of alkyl halides is 6. The van der Waals surface area contributed by atoms with Crippen molar-refractivity contribution in [2.45, 2.75) is 37.0 Å². The Bertz CT molecular complexity index is 1630. The van der Waals surface area contributed by atoms with Crippen LogP contribution < -0.4 is 20.3 Å². The van der Waals surface area contributed by atoms with Crippen LogP contribution >= 0.6 is 34.9 Å². The quantitative estimate of drug-likeness (QED) is 0.122. The number of aryl methyl sites for hydroxylation is 1. The van der Waals surface area contributed by atoms with Crippen molar-refractivity contribution in [3.63, 3.8) is 0 Å². The summed E-state index contributed by atoms with van der Waals surface area (Å²) in [5, 5.41) is 5.59. The molecule has 228 valence electrons. The van der Waals surface area contributed by atoms with Crippen molar-refractivity contribution >= 4 is 69.1 Å². The number of hydrogen-bond acceptors (Lipinski definition) is 9. The van der Waals surface area contributed by atoms with E-state index in [1.54, 1.807) is 6.92 Å². The monoisotopic (exact) mass is 661 g/mol. The molecule has 1 amide bonds. The van der Waals surface area contributed by atoms with Crippen molar-refractivity contribution in [2.24, 2.45) is 0 Å². The first kappa shape index (κ1) is 32.2. The van der Waals surface area contributed by atoms with Gasteiger partial charge >= 0.3 is 12.4 Å². The maximum atomic E-state index is 14.0. The van der Waals surface area contributed by atoms with Crippen LogP contribution in [0.25, 0.3) is 0 Å². The number of thiazole rings is 1. The molecule has 17 heteroatoms. The molecule has 0 bridgehead atoms. The Kier molecular flexibility index (Phi) is 9.61. The van der Waals surface area contributed by atoms with E-state index in [-0.39, 0.29) is 46.2 Å². The maximum absolute atomic E-state index is 14.0. The predicted molar refractivity (Wildman–Crippen MR) is 156 cm³/mol. The van der Waals surface area contributed by atoms with Gasteiger partial charge in [0, 0.05) is 26.2 Å². The lowest BCUT2D eigenvalue weighted by atomic mass is 10.1. The molecule has 0 spiro atoms. The molecule has 4 aromatic rings. The van der Waals surface area contributed by atoms with Crippen molar-refractivity contribution in [1.29, 1.82) is 0 Å². The van der Waals surface area contributed by atoms with Crippen molar-refractivity contribution in [3.8, 4) is 0 Å². The van der Waals surface area contributed by atoms with Crippen molar-refractivity contribution in [1.82, 2.24) is 15.0 Å². The number of anilines is 5. The lowest BCUT2D eigenvalue weighted by Crippen LogP contribution is -2.21. The molecule has 0 aliphatic heterocycles. The van der Waals surface area contributed by atoms with Crippen LogP contribution in [-0.2, 0) is 23.7 Å². The highest BCUT2D eigenvalue weighted by Crippen LogP contribution is 2.40. The van der Waals surface area contributed by atoms with E-state index in [4.69, 9.17) is 11.6 Å². The Morgan fingerprint density at radius 1 is 1.05 bits per heavy atom. The first-order valence-electron chi connectivity index (χ1n) is 12.2. The van der Waals surface area contributed by atoms with Gasteiger partial charge in [0.25, 0.3) is 0 Å². The maximum Gasteiger partial charge on any atom is 0.418 e. The third kappa shape index (κ3) is 8.20. The molecule has 3 N–H and O–H groups in total. The number of nitrogens with one attached hydrogen (secondary N) is 3. The summed E-state index contributed by atoms with van der Waals surface area (Å²) in [5.74, 6) is -0.374. The summed E-state index contributed by atoms with van der Waals surface area (Å²) in [6.45, 7) is 2.78. The fourth-order valence-electron chi connectivity index (χ4n) is 3.81. The average Bonchev–Trinajstić information content (AvgIpc) is 3.25.